The second-order valence-corrected chi connectivity index (χ2v) is 8.03. The van der Waals surface area contributed by atoms with E-state index in [0.29, 0.717) is 28.8 Å². The molecule has 7 heteroatoms. The first-order valence-electron chi connectivity index (χ1n) is 10.4. The normalized spacial score (nSPS) is 11.7. The van der Waals surface area contributed by atoms with E-state index in [1.807, 2.05) is 48.2 Å². The van der Waals surface area contributed by atoms with Crippen LogP contribution >= 0.6 is 11.6 Å². The highest BCUT2D eigenvalue weighted by Gasteiger charge is 2.22. The van der Waals surface area contributed by atoms with Crippen molar-refractivity contribution in [3.05, 3.63) is 73.7 Å². The molecular formula is C24H28ClN5O. The summed E-state index contributed by atoms with van der Waals surface area (Å²) in [6.07, 6.45) is 2.98. The Bertz CT molecular complexity index is 1230. The lowest BCUT2D eigenvalue weighted by atomic mass is 10.1. The van der Waals surface area contributed by atoms with Crippen molar-refractivity contribution >= 4 is 41.1 Å². The highest BCUT2D eigenvalue weighted by atomic mass is 35.5. The zero-order valence-electron chi connectivity index (χ0n) is 18.2. The monoisotopic (exact) mass is 437 g/mol. The van der Waals surface area contributed by atoms with Crippen molar-refractivity contribution in [3.63, 3.8) is 0 Å². The molecule has 1 aliphatic rings. The molecule has 1 aliphatic heterocycles. The molecule has 0 amide bonds. The molecule has 31 heavy (non-hydrogen) atoms. The Balaban J connectivity index is 0.000000858. The van der Waals surface area contributed by atoms with Crippen LogP contribution in [0.3, 0.4) is 0 Å². The van der Waals surface area contributed by atoms with Crippen LogP contribution in [0.25, 0.3) is 6.58 Å². The van der Waals surface area contributed by atoms with Gasteiger partial charge in [-0.05, 0) is 55.2 Å². The Morgan fingerprint density at radius 1 is 1.19 bits per heavy atom. The number of hydrogen-bond donors (Lipinski definition) is 2. The molecular weight excluding hydrogens is 410 g/mol. The standard InChI is InChI=1S/C21H20ClN5O.C3H8/c1-12-10-17-18(11-16(12)23)27(9-3-4-14-5-7-15(22)8-6-14)20-19(25-17)13(2)24-21(28)26-20;1-3-2/h5-8,10-11H,2-4,9,23H2,1H3,(H,24,28);3H2,1-2H3. The predicted molar refractivity (Wildman–Crippen MR) is 129 cm³/mol. The first kappa shape index (κ1) is 22.6. The van der Waals surface area contributed by atoms with Crippen LogP contribution in [0.4, 0.5) is 22.9 Å². The molecule has 162 valence electrons. The molecule has 0 aliphatic carbocycles. The lowest BCUT2D eigenvalue weighted by Crippen LogP contribution is -2.42. The van der Waals surface area contributed by atoms with E-state index in [1.165, 1.54) is 12.0 Å². The van der Waals surface area contributed by atoms with E-state index in [9.17, 15) is 4.79 Å². The quantitative estimate of drug-likeness (QED) is 0.599. The van der Waals surface area contributed by atoms with E-state index in [2.05, 4.69) is 35.4 Å². The summed E-state index contributed by atoms with van der Waals surface area (Å²) in [4.78, 5) is 25.4. The van der Waals surface area contributed by atoms with Crippen molar-refractivity contribution in [1.82, 2.24) is 9.97 Å². The Hall–Kier alpha value is -3.12. The van der Waals surface area contributed by atoms with Crippen LogP contribution in [0.1, 0.15) is 37.8 Å². The Labute approximate surface area is 187 Å². The number of aromatic nitrogens is 2. The minimum absolute atomic E-state index is 0.440. The van der Waals surface area contributed by atoms with Crippen LogP contribution in [0.5, 0.6) is 0 Å². The fraction of sp³-hybridized carbons (Fsp3) is 0.292. The van der Waals surface area contributed by atoms with Gasteiger partial charge >= 0.3 is 5.69 Å². The van der Waals surface area contributed by atoms with E-state index >= 15 is 0 Å². The van der Waals surface area contributed by atoms with Crippen LogP contribution in [-0.2, 0) is 6.42 Å². The molecule has 0 bridgehead atoms. The van der Waals surface area contributed by atoms with Gasteiger partial charge in [-0.3, -0.25) is 0 Å². The molecule has 0 radical (unpaired) electrons. The summed E-state index contributed by atoms with van der Waals surface area (Å²) in [5.41, 5.74) is 10.2. The third-order valence-corrected chi connectivity index (χ3v) is 5.12. The van der Waals surface area contributed by atoms with Crippen LogP contribution < -0.4 is 27.0 Å². The fourth-order valence-electron chi connectivity index (χ4n) is 3.36. The first-order chi connectivity index (χ1) is 14.8. The molecule has 3 aromatic rings. The Kier molecular flexibility index (Phi) is 7.13. The maximum atomic E-state index is 12.0. The summed E-state index contributed by atoms with van der Waals surface area (Å²) in [5.74, 6) is 0.514. The maximum Gasteiger partial charge on any atom is 0.347 e. The first-order valence-corrected chi connectivity index (χ1v) is 10.8. The van der Waals surface area contributed by atoms with E-state index in [1.54, 1.807) is 0 Å². The number of nitrogen functional groups attached to an aromatic ring is 1. The molecule has 0 saturated carbocycles. The minimum Gasteiger partial charge on any atom is -0.398 e. The number of nitrogens with two attached hydrogens (primary N) is 1. The van der Waals surface area contributed by atoms with Gasteiger partial charge in [0.05, 0.1) is 16.7 Å². The number of halogens is 1. The van der Waals surface area contributed by atoms with E-state index in [4.69, 9.17) is 17.3 Å². The number of hydrogen-bond acceptors (Lipinski definition) is 5. The summed E-state index contributed by atoms with van der Waals surface area (Å²) in [7, 11) is 0. The van der Waals surface area contributed by atoms with Gasteiger partial charge in [-0.15, -0.1) is 0 Å². The molecule has 2 aromatic carbocycles. The number of aromatic amines is 1. The van der Waals surface area contributed by atoms with Gasteiger partial charge in [0.25, 0.3) is 0 Å². The average Bonchev–Trinajstić information content (AvgIpc) is 2.71. The predicted octanol–water partition coefficient (Wildman–Crippen LogP) is 4.18. The number of fused-ring (bicyclic) bond motifs is 2. The molecule has 0 saturated heterocycles. The Morgan fingerprint density at radius 2 is 1.87 bits per heavy atom. The zero-order chi connectivity index (χ0) is 22.5. The van der Waals surface area contributed by atoms with Crippen LogP contribution in [0, 0.1) is 6.92 Å². The van der Waals surface area contributed by atoms with Crippen molar-refractivity contribution < 1.29 is 0 Å². The SMILES string of the molecule is C=c1[nH]c(=O)nc2c1=Nc1cc(C)c(N)cc1N2CCCc1ccc(Cl)cc1.CCC. The number of nitrogens with one attached hydrogen (secondary N) is 1. The molecule has 4 rings (SSSR count). The lowest BCUT2D eigenvalue weighted by molar-refractivity contribution is 0.784. The van der Waals surface area contributed by atoms with E-state index in [-0.39, 0.29) is 0 Å². The number of anilines is 3. The molecule has 0 spiro atoms. The van der Waals surface area contributed by atoms with Gasteiger partial charge in [0.2, 0.25) is 0 Å². The highest BCUT2D eigenvalue weighted by molar-refractivity contribution is 6.30. The van der Waals surface area contributed by atoms with Gasteiger partial charge < -0.3 is 15.6 Å². The van der Waals surface area contributed by atoms with Crippen molar-refractivity contribution in [2.75, 3.05) is 17.2 Å². The molecule has 0 unspecified atom stereocenters. The molecule has 6 nitrogen and oxygen atoms in total. The summed E-state index contributed by atoms with van der Waals surface area (Å²) >= 11 is 5.96. The van der Waals surface area contributed by atoms with Gasteiger partial charge in [0.1, 0.15) is 5.36 Å². The van der Waals surface area contributed by atoms with Gasteiger partial charge in [0, 0.05) is 17.3 Å². The molecule has 0 fully saturated rings. The van der Waals surface area contributed by atoms with Crippen molar-refractivity contribution in [1.29, 1.82) is 0 Å². The number of benzene rings is 2. The summed E-state index contributed by atoms with van der Waals surface area (Å²) in [6, 6.07) is 11.7. The van der Waals surface area contributed by atoms with Crippen LogP contribution in [-0.4, -0.2) is 16.5 Å². The van der Waals surface area contributed by atoms with Gasteiger partial charge in [-0.2, -0.15) is 4.98 Å². The second-order valence-electron chi connectivity index (χ2n) is 7.59. The largest absolute Gasteiger partial charge is 0.398 e. The number of rotatable bonds is 4. The molecule has 1 aromatic heterocycles. The fourth-order valence-corrected chi connectivity index (χ4v) is 3.49. The number of H-pyrrole nitrogens is 1. The molecule has 0 atom stereocenters. The van der Waals surface area contributed by atoms with Crippen LogP contribution in [0.2, 0.25) is 5.02 Å². The minimum atomic E-state index is -0.440. The lowest BCUT2D eigenvalue weighted by Gasteiger charge is -2.28. The maximum absolute atomic E-state index is 12.0. The van der Waals surface area contributed by atoms with Crippen molar-refractivity contribution in [2.45, 2.75) is 40.0 Å². The average molecular weight is 438 g/mol. The highest BCUT2D eigenvalue weighted by Crippen LogP contribution is 2.37. The topological polar surface area (TPSA) is 87.4 Å². The van der Waals surface area contributed by atoms with Gasteiger partial charge in [-0.1, -0.05) is 50.6 Å². The number of nitrogens with zero attached hydrogens (tertiary/aromatic N) is 3. The summed E-state index contributed by atoms with van der Waals surface area (Å²) in [6.45, 7) is 10.8. The van der Waals surface area contributed by atoms with Crippen molar-refractivity contribution in [2.24, 2.45) is 4.99 Å². The van der Waals surface area contributed by atoms with E-state index in [0.717, 1.165) is 34.8 Å². The third-order valence-electron chi connectivity index (χ3n) is 4.87. The van der Waals surface area contributed by atoms with Crippen LogP contribution in [0.15, 0.2) is 46.2 Å². The van der Waals surface area contributed by atoms with Crippen molar-refractivity contribution in [3.8, 4) is 0 Å². The van der Waals surface area contributed by atoms with Gasteiger partial charge in [0.15, 0.2) is 5.82 Å². The molecule has 3 N–H and O–H groups in total. The summed E-state index contributed by atoms with van der Waals surface area (Å²) < 4.78 is 0. The third kappa shape index (κ3) is 5.14. The van der Waals surface area contributed by atoms with E-state index < -0.39 is 5.69 Å². The summed E-state index contributed by atoms with van der Waals surface area (Å²) in [5, 5.41) is 1.77. The van der Waals surface area contributed by atoms with Gasteiger partial charge in [-0.25, -0.2) is 9.79 Å². The molecule has 2 heterocycles. The smallest absolute Gasteiger partial charge is 0.347 e. The second kappa shape index (κ2) is 9.79. The number of aryl methyl sites for hydroxylation is 2. The zero-order valence-corrected chi connectivity index (χ0v) is 19.0. The Morgan fingerprint density at radius 3 is 2.55 bits per heavy atom.